The lowest BCUT2D eigenvalue weighted by Gasteiger charge is -2.26. The fraction of sp³-hybridized carbons (Fsp3) is 0. The molecule has 0 aliphatic heterocycles. The van der Waals surface area contributed by atoms with E-state index in [1.165, 1.54) is 54.5 Å². The van der Waals surface area contributed by atoms with Gasteiger partial charge in [0.2, 0.25) is 0 Å². The summed E-state index contributed by atoms with van der Waals surface area (Å²) >= 11 is 0. The van der Waals surface area contributed by atoms with Crippen LogP contribution in [0.4, 0.5) is 17.1 Å². The van der Waals surface area contributed by atoms with Crippen LogP contribution in [0.15, 0.2) is 199 Å². The first kappa shape index (κ1) is 29.6. The zero-order chi connectivity index (χ0) is 34.9. The van der Waals surface area contributed by atoms with Crippen LogP contribution in [0.25, 0.3) is 82.1 Å². The molecule has 248 valence electrons. The molecule has 0 aliphatic carbocycles. The maximum Gasteiger partial charge on any atom is 0.137 e. The zero-order valence-electron chi connectivity index (χ0n) is 28.8. The molecule has 0 radical (unpaired) electrons. The minimum Gasteiger partial charge on any atom is -0.456 e. The predicted molar refractivity (Wildman–Crippen MR) is 223 cm³/mol. The largest absolute Gasteiger partial charge is 0.456 e. The van der Waals surface area contributed by atoms with Gasteiger partial charge in [-0.25, -0.2) is 0 Å². The number of hydrogen-bond donors (Lipinski definition) is 0. The first-order chi connectivity index (χ1) is 26.3. The van der Waals surface area contributed by atoms with E-state index < -0.39 is 0 Å². The highest BCUT2D eigenvalue weighted by molar-refractivity contribution is 6.18. The van der Waals surface area contributed by atoms with E-state index in [1.54, 1.807) is 0 Å². The Kier molecular flexibility index (Phi) is 6.55. The highest BCUT2D eigenvalue weighted by atomic mass is 16.3. The second-order valence-electron chi connectivity index (χ2n) is 13.7. The number of furan rings is 1. The Labute approximate surface area is 306 Å². The van der Waals surface area contributed by atoms with Gasteiger partial charge in [0.15, 0.2) is 0 Å². The van der Waals surface area contributed by atoms with Crippen molar-refractivity contribution in [2.75, 3.05) is 4.90 Å². The lowest BCUT2D eigenvalue weighted by atomic mass is 9.98. The average molecular weight is 677 g/mol. The van der Waals surface area contributed by atoms with Gasteiger partial charge < -0.3 is 13.9 Å². The topological polar surface area (TPSA) is 21.3 Å². The standard InChI is InChI=1S/C50H32N2O/c1-3-13-40-33(10-1)12-9-17-41(40)35-20-23-36(24-21-35)51(39-29-31-45-44-16-6-8-19-48(44)53-49(45)32-39)37-25-27-38(28-26-37)52-47-18-7-5-15-43(47)46-30-22-34-11-2-4-14-42(34)50(46)52/h1-32H. The molecule has 11 aromatic rings. The smallest absolute Gasteiger partial charge is 0.137 e. The van der Waals surface area contributed by atoms with Gasteiger partial charge in [0, 0.05) is 55.7 Å². The molecular formula is C50H32N2O. The van der Waals surface area contributed by atoms with E-state index >= 15 is 0 Å². The Bertz CT molecular complexity index is 3160. The van der Waals surface area contributed by atoms with Crippen molar-refractivity contribution in [3.8, 4) is 16.8 Å². The van der Waals surface area contributed by atoms with Crippen LogP contribution < -0.4 is 4.90 Å². The average Bonchev–Trinajstić information content (AvgIpc) is 3.77. The van der Waals surface area contributed by atoms with Gasteiger partial charge in [0.05, 0.1) is 11.0 Å². The molecule has 0 atom stereocenters. The van der Waals surface area contributed by atoms with Gasteiger partial charge in [-0.05, 0) is 87.9 Å². The fourth-order valence-corrected chi connectivity index (χ4v) is 8.32. The summed E-state index contributed by atoms with van der Waals surface area (Å²) in [7, 11) is 0. The van der Waals surface area contributed by atoms with Crippen LogP contribution in [0.5, 0.6) is 0 Å². The van der Waals surface area contributed by atoms with Crippen LogP contribution in [0.3, 0.4) is 0 Å². The first-order valence-corrected chi connectivity index (χ1v) is 18.1. The van der Waals surface area contributed by atoms with Crippen molar-refractivity contribution in [1.82, 2.24) is 4.57 Å². The number of aromatic nitrogens is 1. The number of fused-ring (bicyclic) bond motifs is 9. The fourth-order valence-electron chi connectivity index (χ4n) is 8.32. The van der Waals surface area contributed by atoms with Crippen LogP contribution >= 0.6 is 0 Å². The van der Waals surface area contributed by atoms with Crippen molar-refractivity contribution in [1.29, 1.82) is 0 Å². The highest BCUT2D eigenvalue weighted by Gasteiger charge is 2.18. The van der Waals surface area contributed by atoms with E-state index in [4.69, 9.17) is 4.42 Å². The van der Waals surface area contributed by atoms with Crippen molar-refractivity contribution in [2.24, 2.45) is 0 Å². The summed E-state index contributed by atoms with van der Waals surface area (Å²) in [6.45, 7) is 0. The van der Waals surface area contributed by atoms with E-state index in [-0.39, 0.29) is 0 Å². The Morgan fingerprint density at radius 2 is 0.962 bits per heavy atom. The van der Waals surface area contributed by atoms with E-state index in [0.29, 0.717) is 0 Å². The van der Waals surface area contributed by atoms with Gasteiger partial charge in [-0.15, -0.1) is 0 Å². The molecule has 0 unspecified atom stereocenters. The SMILES string of the molecule is c1ccc2c(-c3ccc(N(c4ccc(-n5c6ccccc6c6ccc7ccccc7c65)cc4)c4ccc5c(c4)oc4ccccc45)cc3)cccc2c1. The summed E-state index contributed by atoms with van der Waals surface area (Å²) in [4.78, 5) is 2.32. The lowest BCUT2D eigenvalue weighted by molar-refractivity contribution is 0.669. The molecule has 0 aliphatic rings. The van der Waals surface area contributed by atoms with Gasteiger partial charge in [-0.3, -0.25) is 0 Å². The summed E-state index contributed by atoms with van der Waals surface area (Å²) in [6.07, 6.45) is 0. The number of para-hydroxylation sites is 2. The molecular weight excluding hydrogens is 645 g/mol. The number of hydrogen-bond acceptors (Lipinski definition) is 2. The quantitative estimate of drug-likeness (QED) is 0.181. The molecule has 53 heavy (non-hydrogen) atoms. The normalized spacial score (nSPS) is 11.8. The van der Waals surface area contributed by atoms with Gasteiger partial charge in [-0.1, -0.05) is 127 Å². The Morgan fingerprint density at radius 3 is 1.77 bits per heavy atom. The molecule has 3 heteroatoms. The summed E-state index contributed by atoms with van der Waals surface area (Å²) in [6, 6.07) is 69.7. The number of anilines is 3. The molecule has 2 heterocycles. The molecule has 3 nitrogen and oxygen atoms in total. The van der Waals surface area contributed by atoms with Crippen molar-refractivity contribution >= 4 is 82.4 Å². The van der Waals surface area contributed by atoms with Gasteiger partial charge >= 0.3 is 0 Å². The monoisotopic (exact) mass is 676 g/mol. The van der Waals surface area contributed by atoms with Gasteiger partial charge in [-0.2, -0.15) is 0 Å². The molecule has 2 aromatic heterocycles. The molecule has 0 fully saturated rings. The second kappa shape index (κ2) is 11.7. The van der Waals surface area contributed by atoms with Crippen LogP contribution in [-0.2, 0) is 0 Å². The molecule has 0 amide bonds. The number of nitrogens with zero attached hydrogens (tertiary/aromatic N) is 2. The van der Waals surface area contributed by atoms with Gasteiger partial charge in [0.25, 0.3) is 0 Å². The van der Waals surface area contributed by atoms with E-state index in [0.717, 1.165) is 44.7 Å². The molecule has 9 aromatic carbocycles. The summed E-state index contributed by atoms with van der Waals surface area (Å²) in [5.74, 6) is 0. The molecule has 0 saturated carbocycles. The minimum absolute atomic E-state index is 0.870. The van der Waals surface area contributed by atoms with Crippen molar-refractivity contribution in [2.45, 2.75) is 0 Å². The second-order valence-corrected chi connectivity index (χ2v) is 13.7. The first-order valence-electron chi connectivity index (χ1n) is 18.1. The Morgan fingerprint density at radius 1 is 0.377 bits per heavy atom. The Balaban J connectivity index is 1.07. The van der Waals surface area contributed by atoms with Crippen LogP contribution in [0.2, 0.25) is 0 Å². The molecule has 11 rings (SSSR count). The zero-order valence-corrected chi connectivity index (χ0v) is 28.8. The predicted octanol–water partition coefficient (Wildman–Crippen LogP) is 14.1. The van der Waals surface area contributed by atoms with Gasteiger partial charge in [0.1, 0.15) is 11.2 Å². The van der Waals surface area contributed by atoms with E-state index in [1.807, 2.05) is 12.1 Å². The lowest BCUT2D eigenvalue weighted by Crippen LogP contribution is -2.10. The van der Waals surface area contributed by atoms with Crippen molar-refractivity contribution in [3.05, 3.63) is 194 Å². The van der Waals surface area contributed by atoms with E-state index in [2.05, 4.69) is 191 Å². The summed E-state index contributed by atoms with van der Waals surface area (Å²) < 4.78 is 8.81. The number of rotatable bonds is 5. The maximum absolute atomic E-state index is 6.39. The molecule has 0 saturated heterocycles. The minimum atomic E-state index is 0.870. The van der Waals surface area contributed by atoms with Crippen molar-refractivity contribution < 1.29 is 4.42 Å². The maximum atomic E-state index is 6.39. The third-order valence-electron chi connectivity index (χ3n) is 10.8. The summed E-state index contributed by atoms with van der Waals surface area (Å²) in [5, 5.41) is 9.74. The molecule has 0 spiro atoms. The molecule has 0 N–H and O–H groups in total. The van der Waals surface area contributed by atoms with Crippen LogP contribution in [0.1, 0.15) is 0 Å². The third kappa shape index (κ3) is 4.68. The van der Waals surface area contributed by atoms with E-state index in [9.17, 15) is 0 Å². The van der Waals surface area contributed by atoms with Crippen molar-refractivity contribution in [3.63, 3.8) is 0 Å². The molecule has 0 bridgehead atoms. The Hall–Kier alpha value is -7.10. The third-order valence-corrected chi connectivity index (χ3v) is 10.8. The highest BCUT2D eigenvalue weighted by Crippen LogP contribution is 2.41. The van der Waals surface area contributed by atoms with Crippen LogP contribution in [-0.4, -0.2) is 4.57 Å². The summed E-state index contributed by atoms with van der Waals surface area (Å²) in [5.41, 5.74) is 10.9. The number of benzene rings is 9. The van der Waals surface area contributed by atoms with Crippen LogP contribution in [0, 0.1) is 0 Å².